The smallest absolute Gasteiger partial charge is 0.242 e. The summed E-state index contributed by atoms with van der Waals surface area (Å²) in [5.41, 5.74) is 4.69. The Bertz CT molecular complexity index is 331. The number of hydrogen-bond donors (Lipinski definition) is 3. The summed E-state index contributed by atoms with van der Waals surface area (Å²) in [6, 6.07) is -0.770. The molecule has 4 N–H and O–H groups in total. The Morgan fingerprint density at radius 3 is 2.75 bits per heavy atom. The second kappa shape index (κ2) is 3.71. The van der Waals surface area contributed by atoms with Crippen molar-refractivity contribution in [2.45, 2.75) is 37.5 Å². The first-order chi connectivity index (χ1) is 7.49. The van der Waals surface area contributed by atoms with Crippen LogP contribution in [0.1, 0.15) is 19.8 Å². The summed E-state index contributed by atoms with van der Waals surface area (Å²) < 4.78 is 0. The average molecular weight is 227 g/mol. The van der Waals surface area contributed by atoms with Crippen LogP contribution in [0.15, 0.2) is 0 Å². The number of hydrogen-bond acceptors (Lipinski definition) is 4. The van der Waals surface area contributed by atoms with Crippen molar-refractivity contribution in [3.8, 4) is 0 Å². The lowest BCUT2D eigenvalue weighted by atomic mass is 9.86. The Balaban J connectivity index is 2.25. The van der Waals surface area contributed by atoms with Gasteiger partial charge in [-0.05, 0) is 19.8 Å². The molecule has 0 radical (unpaired) electrons. The molecule has 2 amide bonds. The monoisotopic (exact) mass is 227 g/mol. The van der Waals surface area contributed by atoms with E-state index in [1.54, 1.807) is 4.90 Å². The number of nitrogens with one attached hydrogen (secondary N) is 1. The highest BCUT2D eigenvalue weighted by molar-refractivity contribution is 5.94. The van der Waals surface area contributed by atoms with Gasteiger partial charge < -0.3 is 16.2 Å². The third-order valence-electron chi connectivity index (χ3n) is 3.59. The van der Waals surface area contributed by atoms with Gasteiger partial charge in [0.05, 0.1) is 6.10 Å². The number of likely N-dealkylation sites (tertiary alicyclic amines) is 1. The molecule has 2 heterocycles. The van der Waals surface area contributed by atoms with Gasteiger partial charge in [-0.2, -0.15) is 0 Å². The molecule has 0 saturated carbocycles. The quantitative estimate of drug-likeness (QED) is 0.495. The Kier molecular flexibility index (Phi) is 2.63. The van der Waals surface area contributed by atoms with Gasteiger partial charge in [0.2, 0.25) is 11.8 Å². The molecule has 0 aromatic carbocycles. The van der Waals surface area contributed by atoms with Crippen LogP contribution >= 0.6 is 0 Å². The van der Waals surface area contributed by atoms with Gasteiger partial charge in [-0.15, -0.1) is 0 Å². The molecule has 2 fully saturated rings. The summed E-state index contributed by atoms with van der Waals surface area (Å²) in [5.74, 6) is -0.632. The molecule has 90 valence electrons. The zero-order chi connectivity index (χ0) is 11.9. The predicted molar refractivity (Wildman–Crippen MR) is 56.3 cm³/mol. The van der Waals surface area contributed by atoms with Crippen molar-refractivity contribution in [3.05, 3.63) is 0 Å². The predicted octanol–water partition coefficient (Wildman–Crippen LogP) is -1.81. The van der Waals surface area contributed by atoms with Crippen LogP contribution in [-0.4, -0.2) is 52.6 Å². The minimum Gasteiger partial charge on any atom is -0.391 e. The van der Waals surface area contributed by atoms with E-state index in [1.807, 2.05) is 0 Å². The molecule has 1 spiro atoms. The molecular weight excluding hydrogens is 210 g/mol. The number of β-lactam (4-membered cyclic amide) rings is 1. The van der Waals surface area contributed by atoms with E-state index in [1.165, 1.54) is 6.92 Å². The van der Waals surface area contributed by atoms with Crippen LogP contribution in [0.3, 0.4) is 0 Å². The molecule has 2 aliphatic rings. The molecule has 1 unspecified atom stereocenters. The molecular formula is C10H17N3O3. The van der Waals surface area contributed by atoms with Gasteiger partial charge in [0.1, 0.15) is 11.6 Å². The number of aliphatic hydroxyl groups is 1. The van der Waals surface area contributed by atoms with E-state index in [0.717, 1.165) is 12.8 Å². The highest BCUT2D eigenvalue weighted by atomic mass is 16.3. The fourth-order valence-corrected chi connectivity index (χ4v) is 2.76. The van der Waals surface area contributed by atoms with Crippen LogP contribution in [0.5, 0.6) is 0 Å². The topological polar surface area (TPSA) is 95.7 Å². The van der Waals surface area contributed by atoms with Crippen molar-refractivity contribution in [2.24, 2.45) is 5.73 Å². The lowest BCUT2D eigenvalue weighted by molar-refractivity contribution is -0.148. The third kappa shape index (κ3) is 1.41. The van der Waals surface area contributed by atoms with Crippen molar-refractivity contribution >= 4 is 11.8 Å². The molecule has 2 rings (SSSR count). The normalized spacial score (nSPS) is 33.2. The Morgan fingerprint density at radius 1 is 1.69 bits per heavy atom. The van der Waals surface area contributed by atoms with Crippen LogP contribution in [0.4, 0.5) is 0 Å². The van der Waals surface area contributed by atoms with Crippen molar-refractivity contribution in [1.29, 1.82) is 0 Å². The number of aliphatic hydroxyl groups excluding tert-OH is 1. The minimum absolute atomic E-state index is 0.0584. The number of primary amides is 1. The molecule has 6 heteroatoms. The fraction of sp³-hybridized carbons (Fsp3) is 0.800. The third-order valence-corrected chi connectivity index (χ3v) is 3.59. The zero-order valence-corrected chi connectivity index (χ0v) is 9.27. The second-order valence-electron chi connectivity index (χ2n) is 4.60. The van der Waals surface area contributed by atoms with Crippen molar-refractivity contribution in [2.75, 3.05) is 13.1 Å². The van der Waals surface area contributed by atoms with Gasteiger partial charge >= 0.3 is 0 Å². The summed E-state index contributed by atoms with van der Waals surface area (Å²) in [7, 11) is 0. The molecule has 3 atom stereocenters. The number of nitrogens with two attached hydrogens (primary N) is 1. The molecule has 0 aromatic rings. The van der Waals surface area contributed by atoms with Crippen LogP contribution in [0.25, 0.3) is 0 Å². The minimum atomic E-state index is -0.860. The molecule has 0 bridgehead atoms. The maximum Gasteiger partial charge on any atom is 0.242 e. The maximum absolute atomic E-state index is 11.6. The van der Waals surface area contributed by atoms with Crippen molar-refractivity contribution in [3.63, 3.8) is 0 Å². The van der Waals surface area contributed by atoms with Crippen LogP contribution in [0, 0.1) is 0 Å². The molecule has 0 aliphatic carbocycles. The van der Waals surface area contributed by atoms with Gasteiger partial charge in [0.15, 0.2) is 0 Å². The molecule has 16 heavy (non-hydrogen) atoms. The Hall–Kier alpha value is -1.14. The first kappa shape index (κ1) is 11.3. The van der Waals surface area contributed by atoms with Crippen LogP contribution < -0.4 is 11.1 Å². The van der Waals surface area contributed by atoms with Crippen molar-refractivity contribution < 1.29 is 14.7 Å². The summed E-state index contributed by atoms with van der Waals surface area (Å²) in [6.45, 7) is 2.70. The Morgan fingerprint density at radius 2 is 2.38 bits per heavy atom. The second-order valence-corrected chi connectivity index (χ2v) is 4.60. The molecule has 2 saturated heterocycles. The van der Waals surface area contributed by atoms with Crippen molar-refractivity contribution in [1.82, 2.24) is 10.2 Å². The lowest BCUT2D eigenvalue weighted by Crippen LogP contribution is -2.74. The largest absolute Gasteiger partial charge is 0.391 e. The standard InChI is InChI=1S/C10H17N3O3/c1-6(14)7(8(11)15)13-4-2-3-10(13)5-12-9(10)16/h6-7,14H,2-5H2,1H3,(H2,11,15)(H,12,16)/t6-,7+,10?/m1/s1. The summed E-state index contributed by atoms with van der Waals surface area (Å²) in [5, 5.41) is 12.3. The summed E-state index contributed by atoms with van der Waals surface area (Å²) in [6.07, 6.45) is 0.722. The van der Waals surface area contributed by atoms with E-state index in [2.05, 4.69) is 5.32 Å². The van der Waals surface area contributed by atoms with Gasteiger partial charge in [0, 0.05) is 13.1 Å². The molecule has 6 nitrogen and oxygen atoms in total. The summed E-state index contributed by atoms with van der Waals surface area (Å²) >= 11 is 0. The first-order valence-electron chi connectivity index (χ1n) is 5.51. The van der Waals surface area contributed by atoms with E-state index in [0.29, 0.717) is 13.1 Å². The van der Waals surface area contributed by atoms with E-state index in [4.69, 9.17) is 5.73 Å². The van der Waals surface area contributed by atoms with E-state index in [9.17, 15) is 14.7 Å². The first-order valence-corrected chi connectivity index (χ1v) is 5.51. The average Bonchev–Trinajstić information content (AvgIpc) is 2.61. The summed E-state index contributed by atoms with van der Waals surface area (Å²) in [4.78, 5) is 24.7. The number of carbonyl (C=O) groups is 2. The molecule has 0 aromatic heterocycles. The number of carbonyl (C=O) groups excluding carboxylic acids is 2. The zero-order valence-electron chi connectivity index (χ0n) is 9.27. The Labute approximate surface area is 93.8 Å². The highest BCUT2D eigenvalue weighted by Gasteiger charge is 2.56. The van der Waals surface area contributed by atoms with Gasteiger partial charge in [0.25, 0.3) is 0 Å². The van der Waals surface area contributed by atoms with Gasteiger partial charge in [-0.25, -0.2) is 0 Å². The number of rotatable bonds is 3. The molecule has 2 aliphatic heterocycles. The van der Waals surface area contributed by atoms with Crippen LogP contribution in [0.2, 0.25) is 0 Å². The fourth-order valence-electron chi connectivity index (χ4n) is 2.76. The van der Waals surface area contributed by atoms with E-state index >= 15 is 0 Å². The maximum atomic E-state index is 11.6. The number of nitrogens with zero attached hydrogens (tertiary/aromatic N) is 1. The SMILES string of the molecule is C[C@@H](O)[C@@H](C(N)=O)N1CCCC12CNC2=O. The van der Waals surface area contributed by atoms with Gasteiger partial charge in [-0.1, -0.05) is 0 Å². The lowest BCUT2D eigenvalue weighted by Gasteiger charge is -2.47. The van der Waals surface area contributed by atoms with E-state index in [-0.39, 0.29) is 5.91 Å². The van der Waals surface area contributed by atoms with Crippen LogP contribution in [-0.2, 0) is 9.59 Å². The van der Waals surface area contributed by atoms with E-state index < -0.39 is 23.6 Å². The highest BCUT2D eigenvalue weighted by Crippen LogP contribution is 2.36. The number of amides is 2. The van der Waals surface area contributed by atoms with Gasteiger partial charge in [-0.3, -0.25) is 14.5 Å².